The van der Waals surface area contributed by atoms with Gasteiger partial charge in [-0.3, -0.25) is 9.78 Å². The van der Waals surface area contributed by atoms with Crippen molar-refractivity contribution in [2.75, 3.05) is 5.73 Å². The summed E-state index contributed by atoms with van der Waals surface area (Å²) in [5, 5.41) is 19.2. The molecular weight excluding hydrogens is 419 g/mol. The molecule has 0 unspecified atom stereocenters. The molecular formula is C23H18F3N5O. The summed E-state index contributed by atoms with van der Waals surface area (Å²) in [4.78, 5) is 17.8. The van der Waals surface area contributed by atoms with E-state index in [-0.39, 0.29) is 11.4 Å². The minimum atomic E-state index is -4.64. The lowest BCUT2D eigenvalue weighted by Crippen LogP contribution is -2.18. The molecule has 0 atom stereocenters. The minimum absolute atomic E-state index is 0.154. The van der Waals surface area contributed by atoms with Crippen LogP contribution in [0.3, 0.4) is 0 Å². The second-order valence-electron chi connectivity index (χ2n) is 6.57. The van der Waals surface area contributed by atoms with Gasteiger partial charge >= 0.3 is 6.18 Å². The number of aromatic nitrogens is 2. The number of nitrogens with two attached hydrogens (primary N) is 1. The molecule has 0 fully saturated rings. The monoisotopic (exact) mass is 437 g/mol. The average molecular weight is 437 g/mol. The average Bonchev–Trinajstić information content (AvgIpc) is 2.78. The third-order valence-corrected chi connectivity index (χ3v) is 4.36. The fourth-order valence-electron chi connectivity index (χ4n) is 2.77. The standard InChI is InChI=1S/C20H15N5.C3H3F3O/c21-11-16-18(9-8-14-5-4-10-24-13-14)25-20(23)17(12-22)19(16)15-6-2-1-3-7-15;1-2(7)3(4,5)6/h1-7,10,13H,8-9H2,(H2,23,25);1H3. The number of Topliss-reactive ketones (excluding diaryl/α,β-unsaturated/α-hetero) is 1. The summed E-state index contributed by atoms with van der Waals surface area (Å²) in [5.41, 5.74) is 9.65. The predicted molar refractivity (Wildman–Crippen MR) is 112 cm³/mol. The fourth-order valence-corrected chi connectivity index (χ4v) is 2.77. The van der Waals surface area contributed by atoms with Crippen LogP contribution in [0.15, 0.2) is 54.9 Å². The number of ketones is 1. The highest BCUT2D eigenvalue weighted by Crippen LogP contribution is 2.32. The van der Waals surface area contributed by atoms with E-state index in [1.807, 2.05) is 42.5 Å². The van der Waals surface area contributed by atoms with E-state index in [0.717, 1.165) is 11.1 Å². The van der Waals surface area contributed by atoms with Gasteiger partial charge < -0.3 is 5.73 Å². The Morgan fingerprint density at radius 1 is 1.03 bits per heavy atom. The predicted octanol–water partition coefficient (Wildman–Crippen LogP) is 4.39. The van der Waals surface area contributed by atoms with Crippen molar-refractivity contribution < 1.29 is 18.0 Å². The number of nitrogen functional groups attached to an aromatic ring is 1. The maximum atomic E-state index is 10.8. The topological polar surface area (TPSA) is 116 Å². The molecule has 0 bridgehead atoms. The Morgan fingerprint density at radius 3 is 2.16 bits per heavy atom. The SMILES string of the molecule is CC(=O)C(F)(F)F.N#Cc1c(N)nc(CCc2cccnc2)c(C#N)c1-c1ccccc1. The van der Waals surface area contributed by atoms with E-state index >= 15 is 0 Å². The molecule has 3 rings (SSSR count). The summed E-state index contributed by atoms with van der Waals surface area (Å²) in [5.74, 6) is -1.60. The highest BCUT2D eigenvalue weighted by molar-refractivity contribution is 5.81. The van der Waals surface area contributed by atoms with Crippen LogP contribution < -0.4 is 5.73 Å². The molecule has 9 heteroatoms. The van der Waals surface area contributed by atoms with Gasteiger partial charge in [-0.25, -0.2) is 4.98 Å². The largest absolute Gasteiger partial charge is 0.449 e. The Bertz CT molecular complexity index is 1160. The summed E-state index contributed by atoms with van der Waals surface area (Å²) in [7, 11) is 0. The molecule has 2 aromatic heterocycles. The number of alkyl halides is 3. The maximum absolute atomic E-state index is 10.8. The zero-order valence-electron chi connectivity index (χ0n) is 17.0. The molecule has 0 amide bonds. The summed E-state index contributed by atoms with van der Waals surface area (Å²) >= 11 is 0. The number of benzene rings is 1. The number of aryl methyl sites for hydroxylation is 2. The number of carbonyl (C=O) groups excluding carboxylic acids is 1. The van der Waals surface area contributed by atoms with Crippen LogP contribution in [0.2, 0.25) is 0 Å². The minimum Gasteiger partial charge on any atom is -0.383 e. The van der Waals surface area contributed by atoms with E-state index in [1.165, 1.54) is 0 Å². The Morgan fingerprint density at radius 2 is 1.66 bits per heavy atom. The molecule has 0 aliphatic rings. The maximum Gasteiger partial charge on any atom is 0.449 e. The van der Waals surface area contributed by atoms with Gasteiger partial charge in [-0.15, -0.1) is 0 Å². The number of nitrogens with zero attached hydrogens (tertiary/aromatic N) is 4. The second-order valence-corrected chi connectivity index (χ2v) is 6.57. The van der Waals surface area contributed by atoms with Gasteiger partial charge in [0, 0.05) is 24.9 Å². The first-order valence-electron chi connectivity index (χ1n) is 9.33. The van der Waals surface area contributed by atoms with Crippen molar-refractivity contribution in [2.45, 2.75) is 25.9 Å². The smallest absolute Gasteiger partial charge is 0.383 e. The molecule has 162 valence electrons. The van der Waals surface area contributed by atoms with Gasteiger partial charge in [0.2, 0.25) is 5.78 Å². The van der Waals surface area contributed by atoms with Crippen molar-refractivity contribution in [3.8, 4) is 23.3 Å². The van der Waals surface area contributed by atoms with Crippen molar-refractivity contribution in [1.29, 1.82) is 10.5 Å². The normalized spacial score (nSPS) is 10.3. The molecule has 3 aromatic rings. The van der Waals surface area contributed by atoms with Crippen LogP contribution in [-0.4, -0.2) is 21.9 Å². The van der Waals surface area contributed by atoms with E-state index in [4.69, 9.17) is 5.73 Å². The van der Waals surface area contributed by atoms with Crippen molar-refractivity contribution in [2.24, 2.45) is 0 Å². The summed E-state index contributed by atoms with van der Waals surface area (Å²) in [6.07, 6.45) is 0.103. The number of hydrogen-bond acceptors (Lipinski definition) is 6. The number of anilines is 1. The molecule has 2 N–H and O–H groups in total. The van der Waals surface area contributed by atoms with Crippen LogP contribution in [0.1, 0.15) is 29.3 Å². The molecule has 1 aromatic carbocycles. The van der Waals surface area contributed by atoms with E-state index in [9.17, 15) is 28.5 Å². The van der Waals surface area contributed by atoms with Gasteiger partial charge in [-0.1, -0.05) is 36.4 Å². The zero-order chi connectivity index (χ0) is 23.7. The van der Waals surface area contributed by atoms with Gasteiger partial charge in [-0.2, -0.15) is 23.7 Å². The Hall–Kier alpha value is -4.24. The van der Waals surface area contributed by atoms with Crippen LogP contribution >= 0.6 is 0 Å². The van der Waals surface area contributed by atoms with E-state index in [0.29, 0.717) is 36.6 Å². The van der Waals surface area contributed by atoms with Gasteiger partial charge in [-0.05, 0) is 30.0 Å². The van der Waals surface area contributed by atoms with Crippen molar-refractivity contribution in [3.63, 3.8) is 0 Å². The van der Waals surface area contributed by atoms with Crippen molar-refractivity contribution >= 4 is 11.6 Å². The number of pyridine rings is 2. The molecule has 32 heavy (non-hydrogen) atoms. The number of hydrogen-bond donors (Lipinski definition) is 1. The number of nitriles is 2. The van der Waals surface area contributed by atoms with Gasteiger partial charge in [0.05, 0.1) is 11.3 Å². The zero-order valence-corrected chi connectivity index (χ0v) is 17.0. The van der Waals surface area contributed by atoms with Gasteiger partial charge in [0.15, 0.2) is 0 Å². The number of carbonyl (C=O) groups is 1. The Balaban J connectivity index is 0.000000451. The van der Waals surface area contributed by atoms with Crippen molar-refractivity contribution in [1.82, 2.24) is 9.97 Å². The first-order chi connectivity index (χ1) is 15.2. The molecule has 0 aliphatic heterocycles. The molecule has 2 heterocycles. The molecule has 0 aliphatic carbocycles. The highest BCUT2D eigenvalue weighted by atomic mass is 19.4. The van der Waals surface area contributed by atoms with Crippen molar-refractivity contribution in [3.05, 3.63) is 77.2 Å². The first kappa shape index (κ1) is 24.0. The number of rotatable bonds is 4. The van der Waals surface area contributed by atoms with Crippen LogP contribution in [0.4, 0.5) is 19.0 Å². The van der Waals surface area contributed by atoms with E-state index < -0.39 is 12.0 Å². The Labute approximate surface area is 182 Å². The third-order valence-electron chi connectivity index (χ3n) is 4.36. The highest BCUT2D eigenvalue weighted by Gasteiger charge is 2.33. The summed E-state index contributed by atoms with van der Waals surface area (Å²) in [6, 6.07) is 17.5. The molecule has 6 nitrogen and oxygen atoms in total. The number of halogens is 3. The van der Waals surface area contributed by atoms with E-state index in [2.05, 4.69) is 22.1 Å². The first-order valence-corrected chi connectivity index (χ1v) is 9.33. The third kappa shape index (κ3) is 6.13. The van der Waals surface area contributed by atoms with Crippen LogP contribution in [0.5, 0.6) is 0 Å². The van der Waals surface area contributed by atoms with Gasteiger partial charge in [0.25, 0.3) is 0 Å². The molecule has 0 saturated carbocycles. The quantitative estimate of drug-likeness (QED) is 0.647. The lowest BCUT2D eigenvalue weighted by molar-refractivity contribution is -0.168. The van der Waals surface area contributed by atoms with Crippen LogP contribution in [0.25, 0.3) is 11.1 Å². The molecule has 0 saturated heterocycles. The van der Waals surface area contributed by atoms with Crippen LogP contribution in [-0.2, 0) is 17.6 Å². The van der Waals surface area contributed by atoms with Gasteiger partial charge in [0.1, 0.15) is 23.5 Å². The lowest BCUT2D eigenvalue weighted by Gasteiger charge is -2.13. The molecule has 0 spiro atoms. The second kappa shape index (κ2) is 10.7. The Kier molecular flexibility index (Phi) is 8.03. The van der Waals surface area contributed by atoms with E-state index in [1.54, 1.807) is 12.4 Å². The lowest BCUT2D eigenvalue weighted by atomic mass is 9.93. The summed E-state index contributed by atoms with van der Waals surface area (Å²) in [6.45, 7) is 0.486. The van der Waals surface area contributed by atoms with Crippen LogP contribution in [0, 0.1) is 22.7 Å². The summed E-state index contributed by atoms with van der Waals surface area (Å²) < 4.78 is 32.5. The fraction of sp³-hybridized carbons (Fsp3) is 0.174. The molecule has 0 radical (unpaired) electrons.